The number of aryl methyl sites for hydroxylation is 1. The molecule has 4 heteroatoms. The van der Waals surface area contributed by atoms with Crippen LogP contribution in [0.25, 0.3) is 10.9 Å². The van der Waals surface area contributed by atoms with Crippen LogP contribution in [-0.2, 0) is 18.3 Å². The minimum Gasteiger partial charge on any atom is -0.391 e. The topological polar surface area (TPSA) is 45.5 Å². The van der Waals surface area contributed by atoms with Crippen molar-refractivity contribution in [2.45, 2.75) is 25.4 Å². The highest BCUT2D eigenvalue weighted by molar-refractivity contribution is 5.89. The highest BCUT2D eigenvalue weighted by Gasteiger charge is 2.22. The summed E-state index contributed by atoms with van der Waals surface area (Å²) in [5.41, 5.74) is 2.21. The molecule has 0 aliphatic carbocycles. The van der Waals surface area contributed by atoms with Crippen molar-refractivity contribution in [3.05, 3.63) is 36.0 Å². The fourth-order valence-corrected chi connectivity index (χ4v) is 3.02. The number of carbonyl (C=O) groups excluding carboxylic acids is 1. The van der Waals surface area contributed by atoms with Crippen LogP contribution < -0.4 is 0 Å². The van der Waals surface area contributed by atoms with Gasteiger partial charge in [0.1, 0.15) is 0 Å². The summed E-state index contributed by atoms with van der Waals surface area (Å²) in [5, 5.41) is 10.8. The van der Waals surface area contributed by atoms with Gasteiger partial charge < -0.3 is 14.6 Å². The second-order valence-electron chi connectivity index (χ2n) is 5.59. The Morgan fingerprint density at radius 2 is 2.20 bits per heavy atom. The largest absolute Gasteiger partial charge is 0.391 e. The van der Waals surface area contributed by atoms with Crippen LogP contribution in [0.1, 0.15) is 18.4 Å². The Balaban J connectivity index is 1.81. The van der Waals surface area contributed by atoms with Crippen LogP contribution in [0.15, 0.2) is 30.5 Å². The molecule has 3 rings (SSSR count). The fraction of sp³-hybridized carbons (Fsp3) is 0.438. The summed E-state index contributed by atoms with van der Waals surface area (Å²) in [6.45, 7) is 1.24. The number of nitrogens with zero attached hydrogens (tertiary/aromatic N) is 2. The number of amides is 1. The van der Waals surface area contributed by atoms with Gasteiger partial charge in [-0.3, -0.25) is 4.79 Å². The standard InChI is InChI=1S/C16H20N2O2/c1-17-10-12(14-6-2-3-7-15(14)17)9-16(20)18-8-4-5-13(19)11-18/h2-3,6-7,10,13,19H,4-5,8-9,11H2,1H3. The molecule has 1 aliphatic rings. The molecule has 1 aromatic heterocycles. The van der Waals surface area contributed by atoms with Crippen molar-refractivity contribution in [2.75, 3.05) is 13.1 Å². The van der Waals surface area contributed by atoms with Gasteiger partial charge in [0.25, 0.3) is 0 Å². The van der Waals surface area contributed by atoms with Gasteiger partial charge in [-0.05, 0) is 24.5 Å². The van der Waals surface area contributed by atoms with Crippen LogP contribution in [0.3, 0.4) is 0 Å². The molecule has 1 atom stereocenters. The van der Waals surface area contributed by atoms with Gasteiger partial charge in [0.2, 0.25) is 5.91 Å². The van der Waals surface area contributed by atoms with Gasteiger partial charge >= 0.3 is 0 Å². The third kappa shape index (κ3) is 2.43. The molecule has 1 amide bonds. The number of hydrogen-bond acceptors (Lipinski definition) is 2. The third-order valence-corrected chi connectivity index (χ3v) is 4.07. The fourth-order valence-electron chi connectivity index (χ4n) is 3.02. The van der Waals surface area contributed by atoms with Gasteiger partial charge in [-0.15, -0.1) is 0 Å². The summed E-state index contributed by atoms with van der Waals surface area (Å²) in [6, 6.07) is 8.13. The van der Waals surface area contributed by atoms with Crippen molar-refractivity contribution < 1.29 is 9.90 Å². The molecule has 0 radical (unpaired) electrons. The highest BCUT2D eigenvalue weighted by Crippen LogP contribution is 2.22. The number of aromatic nitrogens is 1. The molecule has 1 saturated heterocycles. The zero-order valence-corrected chi connectivity index (χ0v) is 11.7. The predicted octanol–water partition coefficient (Wildman–Crippen LogP) is 1.70. The Bertz CT molecular complexity index is 632. The Labute approximate surface area is 118 Å². The lowest BCUT2D eigenvalue weighted by Gasteiger charge is -2.30. The van der Waals surface area contributed by atoms with Gasteiger partial charge in [-0.2, -0.15) is 0 Å². The maximum atomic E-state index is 12.4. The first-order valence-electron chi connectivity index (χ1n) is 7.14. The maximum absolute atomic E-state index is 12.4. The molecule has 0 bridgehead atoms. The second kappa shape index (κ2) is 5.29. The number of aliphatic hydroxyl groups is 1. The van der Waals surface area contributed by atoms with E-state index in [9.17, 15) is 9.90 Å². The van der Waals surface area contributed by atoms with E-state index in [4.69, 9.17) is 0 Å². The summed E-state index contributed by atoms with van der Waals surface area (Å²) >= 11 is 0. The third-order valence-electron chi connectivity index (χ3n) is 4.07. The molecule has 1 unspecified atom stereocenters. The van der Waals surface area contributed by atoms with Crippen LogP contribution in [0, 0.1) is 0 Å². The van der Waals surface area contributed by atoms with E-state index in [2.05, 4.69) is 16.7 Å². The van der Waals surface area contributed by atoms with E-state index in [0.717, 1.165) is 35.9 Å². The van der Waals surface area contributed by atoms with Crippen molar-refractivity contribution in [1.82, 2.24) is 9.47 Å². The molecule has 1 aromatic carbocycles. The lowest BCUT2D eigenvalue weighted by atomic mass is 10.1. The first kappa shape index (κ1) is 13.2. The number of β-amino-alcohol motifs (C(OH)–C–C–N with tert-alkyl or cyclic N) is 1. The number of carbonyl (C=O) groups is 1. The summed E-state index contributed by atoms with van der Waals surface area (Å²) in [6.07, 6.45) is 3.78. The van der Waals surface area contributed by atoms with Crippen molar-refractivity contribution in [3.8, 4) is 0 Å². The number of fused-ring (bicyclic) bond motifs is 1. The Kier molecular flexibility index (Phi) is 3.49. The Morgan fingerprint density at radius 3 is 3.00 bits per heavy atom. The van der Waals surface area contributed by atoms with Crippen LogP contribution in [0.5, 0.6) is 0 Å². The zero-order valence-electron chi connectivity index (χ0n) is 11.7. The van der Waals surface area contributed by atoms with Crippen molar-refractivity contribution in [1.29, 1.82) is 0 Å². The van der Waals surface area contributed by atoms with E-state index in [1.165, 1.54) is 0 Å². The van der Waals surface area contributed by atoms with Crippen molar-refractivity contribution in [2.24, 2.45) is 7.05 Å². The molecule has 0 spiro atoms. The minimum absolute atomic E-state index is 0.111. The quantitative estimate of drug-likeness (QED) is 0.904. The van der Waals surface area contributed by atoms with Crippen LogP contribution >= 0.6 is 0 Å². The highest BCUT2D eigenvalue weighted by atomic mass is 16.3. The second-order valence-corrected chi connectivity index (χ2v) is 5.59. The number of likely N-dealkylation sites (tertiary alicyclic amines) is 1. The Hall–Kier alpha value is -1.81. The molecule has 0 saturated carbocycles. The van der Waals surface area contributed by atoms with E-state index in [1.54, 1.807) is 4.90 Å². The van der Waals surface area contributed by atoms with Gasteiger partial charge in [0.15, 0.2) is 0 Å². The van der Waals surface area contributed by atoms with Crippen LogP contribution in [-0.4, -0.2) is 39.7 Å². The molecule has 20 heavy (non-hydrogen) atoms. The van der Waals surface area contributed by atoms with Gasteiger partial charge in [-0.1, -0.05) is 18.2 Å². The van der Waals surface area contributed by atoms with Gasteiger partial charge in [0.05, 0.1) is 12.5 Å². The molecular formula is C16H20N2O2. The average Bonchev–Trinajstić information content (AvgIpc) is 2.76. The van der Waals surface area contributed by atoms with E-state index in [1.807, 2.05) is 25.4 Å². The van der Waals surface area contributed by atoms with E-state index in [0.29, 0.717) is 13.0 Å². The minimum atomic E-state index is -0.361. The molecule has 106 valence electrons. The normalized spacial score (nSPS) is 19.5. The molecule has 1 fully saturated rings. The Morgan fingerprint density at radius 1 is 1.40 bits per heavy atom. The van der Waals surface area contributed by atoms with Gasteiger partial charge in [0, 0.05) is 37.2 Å². The number of para-hydroxylation sites is 1. The van der Waals surface area contributed by atoms with Crippen LogP contribution in [0.2, 0.25) is 0 Å². The summed E-state index contributed by atoms with van der Waals surface area (Å²) in [4.78, 5) is 14.2. The lowest BCUT2D eigenvalue weighted by molar-refractivity contribution is -0.133. The van der Waals surface area contributed by atoms with Crippen molar-refractivity contribution in [3.63, 3.8) is 0 Å². The average molecular weight is 272 g/mol. The first-order valence-corrected chi connectivity index (χ1v) is 7.14. The lowest BCUT2D eigenvalue weighted by Crippen LogP contribution is -2.42. The number of rotatable bonds is 2. The number of benzene rings is 1. The van der Waals surface area contributed by atoms with E-state index in [-0.39, 0.29) is 12.0 Å². The number of aliphatic hydroxyl groups excluding tert-OH is 1. The molecular weight excluding hydrogens is 252 g/mol. The van der Waals surface area contributed by atoms with Crippen LogP contribution in [0.4, 0.5) is 0 Å². The molecule has 1 aliphatic heterocycles. The number of hydrogen-bond donors (Lipinski definition) is 1. The van der Waals surface area contributed by atoms with E-state index >= 15 is 0 Å². The summed E-state index contributed by atoms with van der Waals surface area (Å²) in [7, 11) is 2.00. The zero-order chi connectivity index (χ0) is 14.1. The molecule has 2 aromatic rings. The number of piperidine rings is 1. The van der Waals surface area contributed by atoms with Gasteiger partial charge in [-0.25, -0.2) is 0 Å². The summed E-state index contributed by atoms with van der Waals surface area (Å²) in [5.74, 6) is 0.111. The van der Waals surface area contributed by atoms with E-state index < -0.39 is 0 Å². The smallest absolute Gasteiger partial charge is 0.227 e. The summed E-state index contributed by atoms with van der Waals surface area (Å²) < 4.78 is 2.06. The molecule has 1 N–H and O–H groups in total. The first-order chi connectivity index (χ1) is 9.65. The van der Waals surface area contributed by atoms with Crippen molar-refractivity contribution >= 4 is 16.8 Å². The SMILES string of the molecule is Cn1cc(CC(=O)N2CCCC(O)C2)c2ccccc21. The molecule has 4 nitrogen and oxygen atoms in total. The molecule has 2 heterocycles. The predicted molar refractivity (Wildman–Crippen MR) is 78.4 cm³/mol. The monoisotopic (exact) mass is 272 g/mol. The maximum Gasteiger partial charge on any atom is 0.227 e.